The third-order valence-electron chi connectivity index (χ3n) is 4.05. The third kappa shape index (κ3) is 4.01. The van der Waals surface area contributed by atoms with Crippen LogP contribution < -0.4 is 0 Å². The number of carbonyl (C=O) groups excluding carboxylic acids is 1. The molecule has 0 fully saturated rings. The number of hydrogen-bond donors (Lipinski definition) is 0. The highest BCUT2D eigenvalue weighted by Gasteiger charge is 2.37. The van der Waals surface area contributed by atoms with E-state index in [1.807, 2.05) is 17.8 Å². The van der Waals surface area contributed by atoms with E-state index in [1.165, 1.54) is 0 Å². The summed E-state index contributed by atoms with van der Waals surface area (Å²) in [4.78, 5) is 14.8. The Bertz CT molecular complexity index is 433. The molecule has 1 rings (SSSR count). The normalized spacial score (nSPS) is 12.7. The second-order valence-electron chi connectivity index (χ2n) is 6.48. The number of aldehydes is 1. The zero-order valence-electron chi connectivity index (χ0n) is 13.0. The van der Waals surface area contributed by atoms with Gasteiger partial charge in [-0.05, 0) is 18.1 Å². The van der Waals surface area contributed by atoms with Gasteiger partial charge in [-0.25, -0.2) is 4.98 Å². The summed E-state index contributed by atoms with van der Waals surface area (Å²) in [5.74, 6) is 0.945. The van der Waals surface area contributed by atoms with Crippen molar-refractivity contribution in [1.82, 2.24) is 9.55 Å². The minimum atomic E-state index is -1.72. The second-order valence-corrected chi connectivity index (χ2v) is 11.3. The van der Waals surface area contributed by atoms with Crippen molar-refractivity contribution in [2.24, 2.45) is 7.05 Å². The first-order chi connectivity index (χ1) is 8.69. The first-order valence-electron chi connectivity index (χ1n) is 6.76. The minimum absolute atomic E-state index is 0.214. The van der Waals surface area contributed by atoms with Crippen LogP contribution >= 0.6 is 0 Å². The molecule has 0 N–H and O–H groups in total. The summed E-state index contributed by atoms with van der Waals surface area (Å²) >= 11 is 0. The largest absolute Gasteiger partial charge is 0.411 e. The number of aryl methyl sites for hydroxylation is 1. The molecule has 0 saturated carbocycles. The number of imidazole rings is 1. The zero-order chi connectivity index (χ0) is 14.7. The first kappa shape index (κ1) is 16.1. The van der Waals surface area contributed by atoms with Crippen LogP contribution in [-0.2, 0) is 29.3 Å². The van der Waals surface area contributed by atoms with Crippen molar-refractivity contribution in [2.75, 3.05) is 0 Å². The predicted molar refractivity (Wildman–Crippen MR) is 79.6 cm³/mol. The van der Waals surface area contributed by atoms with E-state index in [-0.39, 0.29) is 5.04 Å². The number of carbonyl (C=O) groups is 1. The van der Waals surface area contributed by atoms with Gasteiger partial charge in [0.05, 0.1) is 18.5 Å². The van der Waals surface area contributed by atoms with E-state index in [1.54, 1.807) is 0 Å². The molecule has 0 saturated heterocycles. The summed E-state index contributed by atoms with van der Waals surface area (Å²) in [5.41, 5.74) is 1.07. The molecule has 1 heterocycles. The van der Waals surface area contributed by atoms with Crippen molar-refractivity contribution in [3.63, 3.8) is 0 Å². The topological polar surface area (TPSA) is 44.1 Å². The smallest absolute Gasteiger partial charge is 0.192 e. The summed E-state index contributed by atoms with van der Waals surface area (Å²) in [6.45, 7) is 11.8. The molecular weight excluding hydrogens is 256 g/mol. The molecule has 0 aromatic carbocycles. The number of aromatic nitrogens is 2. The Hall–Kier alpha value is -0.943. The van der Waals surface area contributed by atoms with E-state index in [0.29, 0.717) is 19.4 Å². The molecule has 1 aromatic heterocycles. The maximum Gasteiger partial charge on any atom is 0.192 e. The van der Waals surface area contributed by atoms with Crippen LogP contribution in [0, 0.1) is 0 Å². The highest BCUT2D eigenvalue weighted by molar-refractivity contribution is 6.74. The van der Waals surface area contributed by atoms with Crippen molar-refractivity contribution in [1.29, 1.82) is 0 Å². The lowest BCUT2D eigenvalue weighted by atomic mass is 10.2. The van der Waals surface area contributed by atoms with Crippen molar-refractivity contribution >= 4 is 14.6 Å². The number of hydrogen-bond acceptors (Lipinski definition) is 3. The van der Waals surface area contributed by atoms with Crippen LogP contribution in [0.5, 0.6) is 0 Å². The zero-order valence-corrected chi connectivity index (χ0v) is 14.0. The minimum Gasteiger partial charge on any atom is -0.411 e. The van der Waals surface area contributed by atoms with Crippen LogP contribution in [0.2, 0.25) is 18.1 Å². The quantitative estimate of drug-likeness (QED) is 0.595. The van der Waals surface area contributed by atoms with Gasteiger partial charge in [0.15, 0.2) is 8.32 Å². The van der Waals surface area contributed by atoms with Gasteiger partial charge in [-0.2, -0.15) is 0 Å². The SMILES string of the molecule is Cn1c(CO[Si](C)(C)C(C)(C)C)cnc1CCC=O. The summed E-state index contributed by atoms with van der Waals surface area (Å²) in [7, 11) is 0.260. The predicted octanol–water partition coefficient (Wildman–Crippen LogP) is 3.07. The van der Waals surface area contributed by atoms with Gasteiger partial charge in [0.2, 0.25) is 0 Å². The Morgan fingerprint density at radius 1 is 1.42 bits per heavy atom. The lowest BCUT2D eigenvalue weighted by Gasteiger charge is -2.36. The van der Waals surface area contributed by atoms with Crippen molar-refractivity contribution < 1.29 is 9.22 Å². The summed E-state index contributed by atoms with van der Waals surface area (Å²) in [6.07, 6.45) is 4.00. The molecule has 108 valence electrons. The van der Waals surface area contributed by atoms with Crippen molar-refractivity contribution in [3.8, 4) is 0 Å². The van der Waals surface area contributed by atoms with Crippen molar-refractivity contribution in [3.05, 3.63) is 17.7 Å². The van der Waals surface area contributed by atoms with E-state index < -0.39 is 8.32 Å². The van der Waals surface area contributed by atoms with Gasteiger partial charge in [0.25, 0.3) is 0 Å². The molecule has 0 radical (unpaired) electrons. The third-order valence-corrected chi connectivity index (χ3v) is 8.53. The molecule has 0 bridgehead atoms. The Morgan fingerprint density at radius 3 is 2.58 bits per heavy atom. The molecule has 0 spiro atoms. The Kier molecular flexibility index (Phi) is 5.09. The molecule has 4 nitrogen and oxygen atoms in total. The van der Waals surface area contributed by atoms with Gasteiger partial charge >= 0.3 is 0 Å². The molecule has 0 aliphatic carbocycles. The summed E-state index contributed by atoms with van der Waals surface area (Å²) in [5, 5.41) is 0.214. The van der Waals surface area contributed by atoms with Gasteiger partial charge in [0, 0.05) is 19.9 Å². The standard InChI is InChI=1S/C14H26N2O2Si/c1-14(2,3)19(5,6)18-11-12-10-15-13(16(12)4)8-7-9-17/h9-10H,7-8,11H2,1-6H3. The lowest BCUT2D eigenvalue weighted by molar-refractivity contribution is -0.107. The van der Waals surface area contributed by atoms with E-state index in [2.05, 4.69) is 38.8 Å². The monoisotopic (exact) mass is 282 g/mol. The molecule has 0 unspecified atom stereocenters. The Labute approximate surface area is 117 Å². The van der Waals surface area contributed by atoms with Crippen molar-refractivity contribution in [2.45, 2.75) is 58.4 Å². The maximum atomic E-state index is 10.4. The average molecular weight is 282 g/mol. The van der Waals surface area contributed by atoms with E-state index in [4.69, 9.17) is 4.43 Å². The van der Waals surface area contributed by atoms with Gasteiger partial charge in [-0.3, -0.25) is 0 Å². The molecule has 5 heteroatoms. The van der Waals surface area contributed by atoms with Crippen LogP contribution in [0.1, 0.15) is 38.7 Å². The van der Waals surface area contributed by atoms with Gasteiger partial charge < -0.3 is 13.8 Å². The van der Waals surface area contributed by atoms with Crippen LogP contribution in [0.25, 0.3) is 0 Å². The van der Waals surface area contributed by atoms with Gasteiger partial charge in [-0.1, -0.05) is 20.8 Å². The fraction of sp³-hybridized carbons (Fsp3) is 0.714. The average Bonchev–Trinajstić information content (AvgIpc) is 2.64. The molecule has 1 aromatic rings. The molecule has 0 amide bonds. The van der Waals surface area contributed by atoms with Crippen LogP contribution in [-0.4, -0.2) is 24.2 Å². The molecule has 0 aliphatic heterocycles. The lowest BCUT2D eigenvalue weighted by Crippen LogP contribution is -2.40. The van der Waals surface area contributed by atoms with E-state index >= 15 is 0 Å². The number of rotatable bonds is 6. The molecule has 19 heavy (non-hydrogen) atoms. The highest BCUT2D eigenvalue weighted by Crippen LogP contribution is 2.37. The molecule has 0 atom stereocenters. The van der Waals surface area contributed by atoms with Crippen LogP contribution in [0.4, 0.5) is 0 Å². The van der Waals surface area contributed by atoms with E-state index in [9.17, 15) is 4.79 Å². The van der Waals surface area contributed by atoms with Crippen LogP contribution in [0.15, 0.2) is 6.20 Å². The Morgan fingerprint density at radius 2 is 2.05 bits per heavy atom. The second kappa shape index (κ2) is 6.01. The maximum absolute atomic E-state index is 10.4. The van der Waals surface area contributed by atoms with Gasteiger partial charge in [0.1, 0.15) is 12.1 Å². The fourth-order valence-electron chi connectivity index (χ4n) is 1.51. The molecule has 0 aliphatic rings. The highest BCUT2D eigenvalue weighted by atomic mass is 28.4. The Balaban J connectivity index is 2.69. The van der Waals surface area contributed by atoms with Gasteiger partial charge in [-0.15, -0.1) is 0 Å². The van der Waals surface area contributed by atoms with Crippen LogP contribution in [0.3, 0.4) is 0 Å². The fourth-order valence-corrected chi connectivity index (χ4v) is 2.45. The summed E-state index contributed by atoms with van der Waals surface area (Å²) in [6, 6.07) is 0. The first-order valence-corrected chi connectivity index (χ1v) is 9.67. The van der Waals surface area contributed by atoms with E-state index in [0.717, 1.165) is 17.8 Å². The number of nitrogens with zero attached hydrogens (tertiary/aromatic N) is 2. The summed E-state index contributed by atoms with van der Waals surface area (Å²) < 4.78 is 8.23. The molecular formula is C14H26N2O2Si.